The molecular weight excluding hydrogens is 248 g/mol. The topological polar surface area (TPSA) is 35.5 Å². The Morgan fingerprint density at radius 1 is 1.35 bits per heavy atom. The first-order chi connectivity index (χ1) is 9.60. The summed E-state index contributed by atoms with van der Waals surface area (Å²) in [5.41, 5.74) is 4.22. The number of aliphatic hydroxyl groups is 1. The molecule has 1 aliphatic heterocycles. The van der Waals surface area contributed by atoms with Crippen molar-refractivity contribution in [1.29, 1.82) is 0 Å². The fourth-order valence-electron chi connectivity index (χ4n) is 3.05. The van der Waals surface area contributed by atoms with Gasteiger partial charge in [-0.25, -0.2) is 0 Å². The number of anilines is 1. The summed E-state index contributed by atoms with van der Waals surface area (Å²) in [5, 5.41) is 12.9. The van der Waals surface area contributed by atoms with E-state index in [1.165, 1.54) is 29.7 Å². The van der Waals surface area contributed by atoms with Crippen LogP contribution in [-0.4, -0.2) is 36.9 Å². The molecule has 0 aliphatic carbocycles. The first-order valence-corrected chi connectivity index (χ1v) is 7.81. The van der Waals surface area contributed by atoms with Crippen LogP contribution in [0, 0.1) is 6.92 Å². The average Bonchev–Trinajstić information content (AvgIpc) is 2.42. The maximum Gasteiger partial charge on any atom is 0.0585 e. The van der Waals surface area contributed by atoms with Gasteiger partial charge in [0.2, 0.25) is 0 Å². The second-order valence-corrected chi connectivity index (χ2v) is 6.21. The molecule has 1 aromatic carbocycles. The van der Waals surface area contributed by atoms with Crippen molar-refractivity contribution in [2.24, 2.45) is 0 Å². The lowest BCUT2D eigenvalue weighted by atomic mass is 9.99. The van der Waals surface area contributed by atoms with Crippen molar-refractivity contribution in [2.45, 2.75) is 52.1 Å². The number of fused-ring (bicyclic) bond motifs is 1. The predicted octanol–water partition coefficient (Wildman–Crippen LogP) is 2.50. The van der Waals surface area contributed by atoms with Gasteiger partial charge in [0.15, 0.2) is 0 Å². The zero-order valence-corrected chi connectivity index (χ0v) is 13.0. The van der Waals surface area contributed by atoms with E-state index in [0.29, 0.717) is 6.04 Å². The minimum absolute atomic E-state index is 0.200. The van der Waals surface area contributed by atoms with Gasteiger partial charge in [0, 0.05) is 30.9 Å². The van der Waals surface area contributed by atoms with Crippen molar-refractivity contribution in [3.63, 3.8) is 0 Å². The number of rotatable bonds is 6. The zero-order chi connectivity index (χ0) is 14.5. The molecule has 1 heterocycles. The Morgan fingerprint density at radius 3 is 2.85 bits per heavy atom. The summed E-state index contributed by atoms with van der Waals surface area (Å²) in [7, 11) is 0. The fraction of sp³-hybridized carbons (Fsp3) is 0.647. The van der Waals surface area contributed by atoms with Crippen LogP contribution in [-0.2, 0) is 6.42 Å². The third kappa shape index (κ3) is 3.97. The third-order valence-electron chi connectivity index (χ3n) is 3.99. The van der Waals surface area contributed by atoms with Crippen LogP contribution in [0.1, 0.15) is 37.8 Å². The first kappa shape index (κ1) is 15.3. The number of nitrogens with one attached hydrogen (secondary N) is 1. The summed E-state index contributed by atoms with van der Waals surface area (Å²) in [6, 6.07) is 7.40. The van der Waals surface area contributed by atoms with Crippen LogP contribution in [0.2, 0.25) is 0 Å². The van der Waals surface area contributed by atoms with Crippen LogP contribution >= 0.6 is 0 Å². The summed E-state index contributed by atoms with van der Waals surface area (Å²) in [6.45, 7) is 8.78. The molecule has 1 aliphatic rings. The molecule has 0 radical (unpaired) electrons. The lowest BCUT2D eigenvalue weighted by Gasteiger charge is -2.33. The van der Waals surface area contributed by atoms with Gasteiger partial charge in [-0.05, 0) is 37.8 Å². The molecule has 0 aromatic heterocycles. The summed E-state index contributed by atoms with van der Waals surface area (Å²) in [6.07, 6.45) is 3.42. The second kappa shape index (κ2) is 7.09. The highest BCUT2D eigenvalue weighted by Crippen LogP contribution is 2.28. The van der Waals surface area contributed by atoms with Crippen LogP contribution in [0.5, 0.6) is 0 Å². The van der Waals surface area contributed by atoms with Gasteiger partial charge in [-0.1, -0.05) is 31.5 Å². The van der Waals surface area contributed by atoms with E-state index in [0.717, 1.165) is 19.5 Å². The molecule has 20 heavy (non-hydrogen) atoms. The van der Waals surface area contributed by atoms with Crippen molar-refractivity contribution in [1.82, 2.24) is 5.32 Å². The van der Waals surface area contributed by atoms with E-state index in [9.17, 15) is 5.11 Å². The maximum atomic E-state index is 9.46. The van der Waals surface area contributed by atoms with Crippen molar-refractivity contribution < 1.29 is 5.11 Å². The van der Waals surface area contributed by atoms with Crippen molar-refractivity contribution in [3.8, 4) is 0 Å². The number of aliphatic hydroxyl groups excluding tert-OH is 1. The SMILES string of the molecule is Cc1ccc2c(c1)CCCN2CCC(CO)NC(C)C. The van der Waals surface area contributed by atoms with Crippen LogP contribution in [0.4, 0.5) is 5.69 Å². The minimum atomic E-state index is 0.200. The molecule has 3 nitrogen and oxygen atoms in total. The molecule has 3 heteroatoms. The van der Waals surface area contributed by atoms with Gasteiger partial charge in [-0.2, -0.15) is 0 Å². The smallest absolute Gasteiger partial charge is 0.0585 e. The van der Waals surface area contributed by atoms with E-state index in [4.69, 9.17) is 0 Å². The highest BCUT2D eigenvalue weighted by Gasteiger charge is 2.18. The van der Waals surface area contributed by atoms with Crippen molar-refractivity contribution in [3.05, 3.63) is 29.3 Å². The molecule has 0 spiro atoms. The Labute approximate surface area is 123 Å². The molecule has 112 valence electrons. The minimum Gasteiger partial charge on any atom is -0.395 e. The largest absolute Gasteiger partial charge is 0.395 e. The molecular formula is C17H28N2O. The Morgan fingerprint density at radius 2 is 2.15 bits per heavy atom. The van der Waals surface area contributed by atoms with E-state index < -0.39 is 0 Å². The molecule has 1 unspecified atom stereocenters. The molecule has 2 rings (SSSR count). The average molecular weight is 276 g/mol. The number of benzene rings is 1. The van der Waals surface area contributed by atoms with Crippen LogP contribution in [0.15, 0.2) is 18.2 Å². The Hall–Kier alpha value is -1.06. The molecule has 0 bridgehead atoms. The van der Waals surface area contributed by atoms with Crippen LogP contribution < -0.4 is 10.2 Å². The van der Waals surface area contributed by atoms with Gasteiger partial charge in [0.25, 0.3) is 0 Å². The number of nitrogens with zero attached hydrogens (tertiary/aromatic N) is 1. The van der Waals surface area contributed by atoms with E-state index >= 15 is 0 Å². The summed E-state index contributed by atoms with van der Waals surface area (Å²) in [5.74, 6) is 0. The summed E-state index contributed by atoms with van der Waals surface area (Å²) < 4.78 is 0. The Bertz CT molecular complexity index is 431. The standard InChI is InChI=1S/C17H28N2O/c1-13(2)18-16(12-20)8-10-19-9-4-5-15-11-14(3)6-7-17(15)19/h6-7,11,13,16,18,20H,4-5,8-10,12H2,1-3H3. The zero-order valence-electron chi connectivity index (χ0n) is 13.0. The summed E-state index contributed by atoms with van der Waals surface area (Å²) >= 11 is 0. The molecule has 0 saturated heterocycles. The molecule has 2 N–H and O–H groups in total. The fourth-order valence-corrected chi connectivity index (χ4v) is 3.05. The number of hydrogen-bond acceptors (Lipinski definition) is 3. The maximum absolute atomic E-state index is 9.46. The van der Waals surface area contributed by atoms with Gasteiger partial charge in [0.05, 0.1) is 6.61 Å². The van der Waals surface area contributed by atoms with E-state index in [2.05, 4.69) is 49.2 Å². The highest BCUT2D eigenvalue weighted by atomic mass is 16.3. The van der Waals surface area contributed by atoms with Gasteiger partial charge >= 0.3 is 0 Å². The quantitative estimate of drug-likeness (QED) is 0.838. The molecule has 0 saturated carbocycles. The lowest BCUT2D eigenvalue weighted by Crippen LogP contribution is -2.41. The van der Waals surface area contributed by atoms with E-state index in [-0.39, 0.29) is 12.6 Å². The van der Waals surface area contributed by atoms with E-state index in [1.807, 2.05) is 0 Å². The monoisotopic (exact) mass is 276 g/mol. The Kier molecular flexibility index (Phi) is 5.44. The van der Waals surface area contributed by atoms with Gasteiger partial charge < -0.3 is 15.3 Å². The van der Waals surface area contributed by atoms with Crippen LogP contribution in [0.25, 0.3) is 0 Å². The van der Waals surface area contributed by atoms with Gasteiger partial charge in [0.1, 0.15) is 0 Å². The molecule has 1 aromatic rings. The normalized spacial score (nSPS) is 16.4. The third-order valence-corrected chi connectivity index (χ3v) is 3.99. The predicted molar refractivity (Wildman–Crippen MR) is 85.5 cm³/mol. The Balaban J connectivity index is 1.97. The second-order valence-electron chi connectivity index (χ2n) is 6.21. The molecule has 0 fully saturated rings. The molecule has 0 amide bonds. The van der Waals surface area contributed by atoms with E-state index in [1.54, 1.807) is 0 Å². The van der Waals surface area contributed by atoms with Gasteiger partial charge in [-0.15, -0.1) is 0 Å². The van der Waals surface area contributed by atoms with Gasteiger partial charge in [-0.3, -0.25) is 0 Å². The first-order valence-electron chi connectivity index (χ1n) is 7.81. The molecule has 1 atom stereocenters. The summed E-state index contributed by atoms with van der Waals surface area (Å²) in [4.78, 5) is 2.48. The van der Waals surface area contributed by atoms with Crippen LogP contribution in [0.3, 0.4) is 0 Å². The number of hydrogen-bond donors (Lipinski definition) is 2. The van der Waals surface area contributed by atoms with Crippen molar-refractivity contribution >= 4 is 5.69 Å². The highest BCUT2D eigenvalue weighted by molar-refractivity contribution is 5.56. The lowest BCUT2D eigenvalue weighted by molar-refractivity contribution is 0.229. The van der Waals surface area contributed by atoms with Crippen molar-refractivity contribution in [2.75, 3.05) is 24.6 Å². The number of aryl methyl sites for hydroxylation is 2.